The van der Waals surface area contributed by atoms with Crippen LogP contribution >= 0.6 is 0 Å². The molecule has 0 aromatic carbocycles. The minimum absolute atomic E-state index is 0.0244. The average molecular weight is 320 g/mol. The standard InChI is InChI=1S/C13H24N2O5S/c1-21(18,19)15-4-2-3-11(9-15)8-14-5-6-20-12(10-14)7-13(16)17/h11-12H,2-10H2,1H3,(H,16,17). The minimum atomic E-state index is -3.11. The first-order valence-electron chi connectivity index (χ1n) is 7.35. The summed E-state index contributed by atoms with van der Waals surface area (Å²) in [7, 11) is -3.11. The van der Waals surface area contributed by atoms with Crippen LogP contribution in [0.15, 0.2) is 0 Å². The fourth-order valence-corrected chi connectivity index (χ4v) is 4.05. The van der Waals surface area contributed by atoms with Crippen LogP contribution in [0.3, 0.4) is 0 Å². The van der Waals surface area contributed by atoms with E-state index in [9.17, 15) is 13.2 Å². The molecule has 2 fully saturated rings. The molecule has 0 aromatic rings. The van der Waals surface area contributed by atoms with Gasteiger partial charge in [-0.1, -0.05) is 0 Å². The number of hydrogen-bond donors (Lipinski definition) is 1. The third-order valence-electron chi connectivity index (χ3n) is 4.09. The van der Waals surface area contributed by atoms with Gasteiger partial charge in [-0.05, 0) is 18.8 Å². The summed E-state index contributed by atoms with van der Waals surface area (Å²) < 4.78 is 30.3. The molecule has 8 heteroatoms. The molecular formula is C13H24N2O5S. The molecule has 21 heavy (non-hydrogen) atoms. The SMILES string of the molecule is CS(=O)(=O)N1CCCC(CN2CCOC(CC(=O)O)C2)C1. The lowest BCUT2D eigenvalue weighted by Gasteiger charge is -2.37. The van der Waals surface area contributed by atoms with Crippen molar-refractivity contribution in [3.63, 3.8) is 0 Å². The first-order valence-corrected chi connectivity index (χ1v) is 9.20. The fraction of sp³-hybridized carbons (Fsp3) is 0.923. The Hall–Kier alpha value is -0.700. The summed E-state index contributed by atoms with van der Waals surface area (Å²) in [5, 5.41) is 8.83. The molecule has 122 valence electrons. The minimum Gasteiger partial charge on any atom is -0.481 e. The van der Waals surface area contributed by atoms with Crippen LogP contribution in [0.1, 0.15) is 19.3 Å². The Kier molecular flexibility index (Phi) is 5.59. The number of sulfonamides is 1. The molecule has 0 amide bonds. The van der Waals surface area contributed by atoms with Crippen molar-refractivity contribution in [1.82, 2.24) is 9.21 Å². The summed E-state index contributed by atoms with van der Waals surface area (Å²) in [5.41, 5.74) is 0. The van der Waals surface area contributed by atoms with Crippen molar-refractivity contribution in [1.29, 1.82) is 0 Å². The van der Waals surface area contributed by atoms with Crippen molar-refractivity contribution in [3.05, 3.63) is 0 Å². The summed E-state index contributed by atoms with van der Waals surface area (Å²) in [4.78, 5) is 12.9. The second-order valence-electron chi connectivity index (χ2n) is 5.98. The topological polar surface area (TPSA) is 87.2 Å². The second-order valence-corrected chi connectivity index (χ2v) is 7.96. The summed E-state index contributed by atoms with van der Waals surface area (Å²) in [6.45, 7) is 3.93. The number of carbonyl (C=O) groups is 1. The molecule has 0 bridgehead atoms. The van der Waals surface area contributed by atoms with Gasteiger partial charge in [-0.2, -0.15) is 0 Å². The van der Waals surface area contributed by atoms with E-state index in [1.165, 1.54) is 6.26 Å². The Balaban J connectivity index is 1.84. The highest BCUT2D eigenvalue weighted by atomic mass is 32.2. The van der Waals surface area contributed by atoms with E-state index >= 15 is 0 Å². The molecule has 0 saturated carbocycles. The second kappa shape index (κ2) is 7.04. The maximum absolute atomic E-state index is 11.6. The molecule has 2 aliphatic heterocycles. The van der Waals surface area contributed by atoms with Gasteiger partial charge in [0.1, 0.15) is 0 Å². The van der Waals surface area contributed by atoms with E-state index in [-0.39, 0.29) is 12.5 Å². The summed E-state index contributed by atoms with van der Waals surface area (Å²) in [5.74, 6) is -0.528. The summed E-state index contributed by atoms with van der Waals surface area (Å²) in [6.07, 6.45) is 2.93. The number of carboxylic acids is 1. The third kappa shape index (κ3) is 5.21. The first-order chi connectivity index (χ1) is 9.84. The first kappa shape index (κ1) is 16.7. The normalized spacial score (nSPS) is 29.4. The van der Waals surface area contributed by atoms with Crippen LogP contribution < -0.4 is 0 Å². The highest BCUT2D eigenvalue weighted by molar-refractivity contribution is 7.88. The van der Waals surface area contributed by atoms with E-state index in [1.807, 2.05) is 0 Å². The lowest BCUT2D eigenvalue weighted by Crippen LogP contribution is -2.48. The Bertz CT molecular complexity index is 467. The molecule has 2 unspecified atom stereocenters. The highest BCUT2D eigenvalue weighted by Gasteiger charge is 2.29. The van der Waals surface area contributed by atoms with Gasteiger partial charge in [0.2, 0.25) is 10.0 Å². The van der Waals surface area contributed by atoms with Crippen molar-refractivity contribution in [2.24, 2.45) is 5.92 Å². The van der Waals surface area contributed by atoms with Gasteiger partial charge in [0.05, 0.1) is 25.4 Å². The molecule has 2 atom stereocenters. The molecule has 0 spiro atoms. The average Bonchev–Trinajstić information content (AvgIpc) is 2.37. The van der Waals surface area contributed by atoms with Crippen molar-refractivity contribution in [3.8, 4) is 0 Å². The maximum atomic E-state index is 11.6. The quantitative estimate of drug-likeness (QED) is 0.757. The number of morpholine rings is 1. The largest absolute Gasteiger partial charge is 0.481 e. The van der Waals surface area contributed by atoms with Gasteiger partial charge in [0.15, 0.2) is 0 Å². The summed E-state index contributed by atoms with van der Waals surface area (Å²) >= 11 is 0. The van der Waals surface area contributed by atoms with Gasteiger partial charge in [0, 0.05) is 32.7 Å². The molecule has 2 aliphatic rings. The Morgan fingerprint density at radius 1 is 1.33 bits per heavy atom. The van der Waals surface area contributed by atoms with Crippen LogP contribution in [0.5, 0.6) is 0 Å². The van der Waals surface area contributed by atoms with Crippen LogP contribution in [0.25, 0.3) is 0 Å². The van der Waals surface area contributed by atoms with Gasteiger partial charge in [-0.25, -0.2) is 12.7 Å². The number of nitrogens with zero attached hydrogens (tertiary/aromatic N) is 2. The van der Waals surface area contributed by atoms with E-state index in [1.54, 1.807) is 4.31 Å². The van der Waals surface area contributed by atoms with Gasteiger partial charge in [-0.3, -0.25) is 9.69 Å². The fourth-order valence-electron chi connectivity index (χ4n) is 3.11. The molecule has 2 heterocycles. The van der Waals surface area contributed by atoms with E-state index in [0.717, 1.165) is 25.9 Å². The zero-order chi connectivity index (χ0) is 15.5. The van der Waals surface area contributed by atoms with E-state index < -0.39 is 16.0 Å². The lowest BCUT2D eigenvalue weighted by molar-refractivity contribution is -0.142. The van der Waals surface area contributed by atoms with Crippen LogP contribution in [0.2, 0.25) is 0 Å². The van der Waals surface area contributed by atoms with Crippen molar-refractivity contribution in [2.45, 2.75) is 25.4 Å². The van der Waals surface area contributed by atoms with Crippen molar-refractivity contribution >= 4 is 16.0 Å². The zero-order valence-corrected chi connectivity index (χ0v) is 13.2. The number of rotatable bonds is 5. The van der Waals surface area contributed by atoms with Crippen molar-refractivity contribution < 1.29 is 23.1 Å². The summed E-state index contributed by atoms with van der Waals surface area (Å²) in [6, 6.07) is 0. The van der Waals surface area contributed by atoms with Crippen LogP contribution in [-0.4, -0.2) is 80.4 Å². The predicted octanol–water partition coefficient (Wildman–Crippen LogP) is -0.166. The Morgan fingerprint density at radius 3 is 2.76 bits per heavy atom. The molecule has 7 nitrogen and oxygen atoms in total. The molecule has 0 radical (unpaired) electrons. The Labute approximate surface area is 125 Å². The number of aliphatic carboxylic acids is 1. The Morgan fingerprint density at radius 2 is 2.10 bits per heavy atom. The van der Waals surface area contributed by atoms with Gasteiger partial charge in [-0.15, -0.1) is 0 Å². The predicted molar refractivity (Wildman–Crippen MR) is 77.6 cm³/mol. The van der Waals surface area contributed by atoms with Crippen LogP contribution in [0.4, 0.5) is 0 Å². The number of carboxylic acid groups (broad SMARTS) is 1. The smallest absolute Gasteiger partial charge is 0.306 e. The number of hydrogen-bond acceptors (Lipinski definition) is 5. The molecule has 0 aromatic heterocycles. The van der Waals surface area contributed by atoms with Crippen LogP contribution in [-0.2, 0) is 19.6 Å². The van der Waals surface area contributed by atoms with E-state index in [0.29, 0.717) is 32.2 Å². The molecule has 1 N–H and O–H groups in total. The number of ether oxygens (including phenoxy) is 1. The maximum Gasteiger partial charge on any atom is 0.306 e. The molecule has 2 rings (SSSR count). The number of piperidine rings is 1. The van der Waals surface area contributed by atoms with E-state index in [4.69, 9.17) is 9.84 Å². The lowest BCUT2D eigenvalue weighted by atomic mass is 9.98. The van der Waals surface area contributed by atoms with Gasteiger partial charge >= 0.3 is 5.97 Å². The van der Waals surface area contributed by atoms with Gasteiger partial charge < -0.3 is 9.84 Å². The van der Waals surface area contributed by atoms with Crippen LogP contribution in [0, 0.1) is 5.92 Å². The molecule has 2 saturated heterocycles. The third-order valence-corrected chi connectivity index (χ3v) is 5.36. The monoisotopic (exact) mass is 320 g/mol. The molecule has 0 aliphatic carbocycles. The highest BCUT2D eigenvalue weighted by Crippen LogP contribution is 2.21. The van der Waals surface area contributed by atoms with Gasteiger partial charge in [0.25, 0.3) is 0 Å². The zero-order valence-electron chi connectivity index (χ0n) is 12.4. The molecular weight excluding hydrogens is 296 g/mol. The van der Waals surface area contributed by atoms with Crippen molar-refractivity contribution in [2.75, 3.05) is 45.6 Å². The van der Waals surface area contributed by atoms with E-state index in [2.05, 4.69) is 4.90 Å².